The van der Waals surface area contributed by atoms with Crippen molar-refractivity contribution in [1.29, 1.82) is 0 Å². The van der Waals surface area contributed by atoms with E-state index in [2.05, 4.69) is 5.32 Å². The zero-order chi connectivity index (χ0) is 20.6. The molecule has 3 aromatic carbocycles. The van der Waals surface area contributed by atoms with E-state index in [-0.39, 0.29) is 27.8 Å². The highest BCUT2D eigenvalue weighted by Gasteiger charge is 2.25. The first-order valence-corrected chi connectivity index (χ1v) is 9.32. The van der Waals surface area contributed by atoms with E-state index in [9.17, 15) is 33.0 Å². The number of benzene rings is 3. The van der Waals surface area contributed by atoms with Gasteiger partial charge >= 0.3 is 0 Å². The van der Waals surface area contributed by atoms with Crippen LogP contribution in [0.1, 0.15) is 15.9 Å². The highest BCUT2D eigenvalue weighted by Crippen LogP contribution is 2.35. The van der Waals surface area contributed by atoms with E-state index >= 15 is 0 Å². The topological polar surface area (TPSA) is 147 Å². The number of nitro benzene ring substituents is 1. The number of nitro groups is 1. The molecule has 0 fully saturated rings. The Morgan fingerprint density at radius 3 is 2.46 bits per heavy atom. The van der Waals surface area contributed by atoms with Crippen LogP contribution in [-0.4, -0.2) is 28.9 Å². The van der Waals surface area contributed by atoms with E-state index in [4.69, 9.17) is 0 Å². The van der Waals surface area contributed by atoms with Crippen molar-refractivity contribution in [3.63, 3.8) is 0 Å². The van der Waals surface area contributed by atoms with Gasteiger partial charge in [0.25, 0.3) is 21.7 Å². The van der Waals surface area contributed by atoms with Gasteiger partial charge < -0.3 is 10.4 Å². The van der Waals surface area contributed by atoms with Crippen LogP contribution < -0.4 is 5.32 Å². The molecule has 3 aromatic rings. The fourth-order valence-corrected chi connectivity index (χ4v) is 3.72. The molecule has 0 radical (unpaired) electrons. The molecule has 3 N–H and O–H groups in total. The van der Waals surface area contributed by atoms with Crippen molar-refractivity contribution in [2.24, 2.45) is 0 Å². The number of phenols is 1. The number of fused-ring (bicyclic) bond motifs is 1. The molecule has 1 amide bonds. The van der Waals surface area contributed by atoms with Gasteiger partial charge in [-0.1, -0.05) is 18.2 Å². The quantitative estimate of drug-likeness (QED) is 0.345. The van der Waals surface area contributed by atoms with Crippen molar-refractivity contribution in [1.82, 2.24) is 0 Å². The van der Waals surface area contributed by atoms with Gasteiger partial charge in [-0.25, -0.2) is 0 Å². The minimum atomic E-state index is -4.80. The number of aryl methyl sites for hydroxylation is 1. The van der Waals surface area contributed by atoms with Gasteiger partial charge in [-0.2, -0.15) is 8.42 Å². The molecule has 0 spiro atoms. The van der Waals surface area contributed by atoms with Crippen LogP contribution in [0.3, 0.4) is 0 Å². The van der Waals surface area contributed by atoms with Gasteiger partial charge in [-0.05, 0) is 36.8 Å². The van der Waals surface area contributed by atoms with Crippen LogP contribution in [0.5, 0.6) is 5.75 Å². The van der Waals surface area contributed by atoms with Crippen molar-refractivity contribution in [2.75, 3.05) is 5.32 Å². The number of nitrogens with zero attached hydrogens (tertiary/aromatic N) is 1. The summed E-state index contributed by atoms with van der Waals surface area (Å²) in [5, 5.41) is 23.6. The molecule has 144 valence electrons. The number of rotatable bonds is 4. The Morgan fingerprint density at radius 2 is 1.82 bits per heavy atom. The van der Waals surface area contributed by atoms with Gasteiger partial charge in [-0.15, -0.1) is 0 Å². The van der Waals surface area contributed by atoms with Crippen LogP contribution in [0.25, 0.3) is 10.8 Å². The number of carbonyl (C=O) groups excluding carboxylic acids is 1. The molecule has 0 heterocycles. The maximum atomic E-state index is 12.6. The van der Waals surface area contributed by atoms with Crippen molar-refractivity contribution < 1.29 is 27.8 Å². The molecular weight excluding hydrogens is 388 g/mol. The summed E-state index contributed by atoms with van der Waals surface area (Å²) in [6, 6.07) is 10.6. The zero-order valence-corrected chi connectivity index (χ0v) is 15.2. The maximum Gasteiger partial charge on any atom is 0.297 e. The SMILES string of the molecule is Cc1ccc(C(=O)Nc2ccc3c(O)cccc3c2S(=O)(=O)O)c([N+](=O)[O-])c1. The first kappa shape index (κ1) is 19.3. The van der Waals surface area contributed by atoms with Gasteiger partial charge in [0.15, 0.2) is 0 Å². The number of nitrogens with one attached hydrogen (secondary N) is 1. The number of hydrogen-bond acceptors (Lipinski definition) is 6. The Balaban J connectivity index is 2.16. The zero-order valence-electron chi connectivity index (χ0n) is 14.4. The number of hydrogen-bond donors (Lipinski definition) is 3. The van der Waals surface area contributed by atoms with Crippen molar-refractivity contribution in [2.45, 2.75) is 11.8 Å². The fourth-order valence-electron chi connectivity index (χ4n) is 2.86. The summed E-state index contributed by atoms with van der Waals surface area (Å²) in [6.07, 6.45) is 0. The lowest BCUT2D eigenvalue weighted by Gasteiger charge is -2.13. The smallest absolute Gasteiger partial charge is 0.297 e. The lowest BCUT2D eigenvalue weighted by atomic mass is 10.1. The van der Waals surface area contributed by atoms with Gasteiger partial charge in [0.1, 0.15) is 16.2 Å². The average molecular weight is 402 g/mol. The van der Waals surface area contributed by atoms with Crippen LogP contribution in [-0.2, 0) is 10.1 Å². The van der Waals surface area contributed by atoms with Crippen molar-refractivity contribution in [3.8, 4) is 5.75 Å². The summed E-state index contributed by atoms with van der Waals surface area (Å²) in [7, 11) is -4.80. The number of phenolic OH excluding ortho intramolecular Hbond substituents is 1. The third kappa shape index (κ3) is 3.50. The second-order valence-electron chi connectivity index (χ2n) is 6.02. The summed E-state index contributed by atoms with van der Waals surface area (Å²) in [5.41, 5.74) is -0.416. The second-order valence-corrected chi connectivity index (χ2v) is 7.38. The molecule has 0 aliphatic carbocycles. The first-order valence-electron chi connectivity index (χ1n) is 7.88. The van der Waals surface area contributed by atoms with Crippen LogP contribution in [0.15, 0.2) is 53.4 Å². The fraction of sp³-hybridized carbons (Fsp3) is 0.0556. The predicted octanol–water partition coefficient (Wildman–Crippen LogP) is 3.26. The normalized spacial score (nSPS) is 11.4. The highest BCUT2D eigenvalue weighted by atomic mass is 32.2. The van der Waals surface area contributed by atoms with Gasteiger partial charge in [0.05, 0.1) is 10.6 Å². The standard InChI is InChI=1S/C18H14N2O7S/c1-10-5-6-13(15(9-10)20(23)24)18(22)19-14-8-7-11-12(3-2-4-16(11)21)17(14)28(25,26)27/h2-9,21H,1H3,(H,19,22)(H,25,26,27). The van der Waals surface area contributed by atoms with Crippen molar-refractivity contribution >= 4 is 38.2 Å². The molecule has 28 heavy (non-hydrogen) atoms. The molecule has 0 saturated carbocycles. The molecule has 3 rings (SSSR count). The molecule has 10 heteroatoms. The van der Waals surface area contributed by atoms with Crippen LogP contribution in [0.2, 0.25) is 0 Å². The molecule has 9 nitrogen and oxygen atoms in total. The third-order valence-corrected chi connectivity index (χ3v) is 5.05. The molecular formula is C18H14N2O7S. The maximum absolute atomic E-state index is 12.6. The molecule has 0 aliphatic heterocycles. The van der Waals surface area contributed by atoms with E-state index in [1.165, 1.54) is 48.5 Å². The van der Waals surface area contributed by atoms with Crippen molar-refractivity contribution in [3.05, 3.63) is 69.8 Å². The van der Waals surface area contributed by atoms with Crippen LogP contribution >= 0.6 is 0 Å². The number of amides is 1. The molecule has 0 saturated heterocycles. The molecule has 0 aromatic heterocycles. The number of anilines is 1. The summed E-state index contributed by atoms with van der Waals surface area (Å²) in [5.74, 6) is -1.13. The van der Waals surface area contributed by atoms with Gasteiger partial charge in [0.2, 0.25) is 0 Å². The molecule has 0 unspecified atom stereocenters. The highest BCUT2D eigenvalue weighted by molar-refractivity contribution is 7.86. The third-order valence-electron chi connectivity index (χ3n) is 4.09. The van der Waals surface area contributed by atoms with E-state index in [1.807, 2.05) is 0 Å². The van der Waals surface area contributed by atoms with Crippen LogP contribution in [0, 0.1) is 17.0 Å². The van der Waals surface area contributed by atoms with Crippen LogP contribution in [0.4, 0.5) is 11.4 Å². The Labute approximate surface area is 159 Å². The summed E-state index contributed by atoms with van der Waals surface area (Å²) >= 11 is 0. The monoisotopic (exact) mass is 402 g/mol. The Hall–Kier alpha value is -3.50. The predicted molar refractivity (Wildman–Crippen MR) is 101 cm³/mol. The van der Waals surface area contributed by atoms with Gasteiger partial charge in [0, 0.05) is 16.8 Å². The van der Waals surface area contributed by atoms with E-state index in [0.717, 1.165) is 0 Å². The Bertz CT molecular complexity index is 1240. The number of aromatic hydroxyl groups is 1. The number of carbonyl (C=O) groups is 1. The summed E-state index contributed by atoms with van der Waals surface area (Å²) in [6.45, 7) is 1.63. The first-order chi connectivity index (χ1) is 13.1. The second kappa shape index (κ2) is 6.91. The summed E-state index contributed by atoms with van der Waals surface area (Å²) in [4.78, 5) is 22.5. The summed E-state index contributed by atoms with van der Waals surface area (Å²) < 4.78 is 33.5. The van der Waals surface area contributed by atoms with E-state index in [1.54, 1.807) is 6.92 Å². The average Bonchev–Trinajstić information content (AvgIpc) is 2.60. The lowest BCUT2D eigenvalue weighted by Crippen LogP contribution is -2.16. The molecule has 0 aliphatic rings. The lowest BCUT2D eigenvalue weighted by molar-refractivity contribution is -0.385. The Morgan fingerprint density at radius 1 is 1.11 bits per heavy atom. The minimum Gasteiger partial charge on any atom is -0.507 e. The molecule has 0 atom stereocenters. The van der Waals surface area contributed by atoms with E-state index < -0.39 is 31.5 Å². The minimum absolute atomic E-state index is 0.0151. The largest absolute Gasteiger partial charge is 0.507 e. The van der Waals surface area contributed by atoms with Gasteiger partial charge in [-0.3, -0.25) is 19.5 Å². The van der Waals surface area contributed by atoms with E-state index in [0.29, 0.717) is 5.56 Å². The molecule has 0 bridgehead atoms. The Kier molecular flexibility index (Phi) is 4.75.